The topological polar surface area (TPSA) is 91.3 Å². The first-order chi connectivity index (χ1) is 8.90. The van der Waals surface area contributed by atoms with E-state index in [2.05, 4.69) is 15.6 Å². The van der Waals surface area contributed by atoms with Crippen molar-refractivity contribution in [3.05, 3.63) is 29.6 Å². The summed E-state index contributed by atoms with van der Waals surface area (Å²) in [5.41, 5.74) is 0.837. The highest BCUT2D eigenvalue weighted by Crippen LogP contribution is 2.00. The Morgan fingerprint density at radius 1 is 1.32 bits per heavy atom. The van der Waals surface area contributed by atoms with Crippen LogP contribution in [0.4, 0.5) is 0 Å². The van der Waals surface area contributed by atoms with Crippen LogP contribution in [0.3, 0.4) is 0 Å². The molecule has 3 N–H and O–H groups in total. The Balaban J connectivity index is 2.48. The fourth-order valence-electron chi connectivity index (χ4n) is 1.42. The van der Waals surface area contributed by atoms with Crippen molar-refractivity contribution in [1.82, 2.24) is 15.6 Å². The number of aromatic carboxylic acids is 1. The minimum atomic E-state index is -1.00. The molecule has 6 nitrogen and oxygen atoms in total. The predicted molar refractivity (Wildman–Crippen MR) is 70.8 cm³/mol. The van der Waals surface area contributed by atoms with Crippen molar-refractivity contribution in [3.63, 3.8) is 0 Å². The molecule has 0 spiro atoms. The molecule has 1 heterocycles. The zero-order valence-corrected chi connectivity index (χ0v) is 11.3. The van der Waals surface area contributed by atoms with Gasteiger partial charge < -0.3 is 15.7 Å². The van der Waals surface area contributed by atoms with Gasteiger partial charge in [0.1, 0.15) is 0 Å². The summed E-state index contributed by atoms with van der Waals surface area (Å²) in [4.78, 5) is 26.3. The normalized spacial score (nSPS) is 12.2. The number of carboxylic acids is 1. The van der Waals surface area contributed by atoms with Gasteiger partial charge in [-0.3, -0.25) is 9.78 Å². The Kier molecular flexibility index (Phi) is 5.44. The first kappa shape index (κ1) is 15.1. The highest BCUT2D eigenvalue weighted by molar-refractivity contribution is 5.87. The molecule has 104 valence electrons. The van der Waals surface area contributed by atoms with Crippen LogP contribution in [0, 0.1) is 0 Å². The van der Waals surface area contributed by atoms with Crippen LogP contribution in [-0.2, 0) is 11.3 Å². The van der Waals surface area contributed by atoms with E-state index in [4.69, 9.17) is 5.11 Å². The number of carboxylic acid groups (broad SMARTS) is 1. The molecule has 1 amide bonds. The number of aromatic nitrogens is 1. The monoisotopic (exact) mass is 265 g/mol. The van der Waals surface area contributed by atoms with Gasteiger partial charge in [-0.25, -0.2) is 4.79 Å². The third kappa shape index (κ3) is 5.05. The van der Waals surface area contributed by atoms with Crippen molar-refractivity contribution < 1.29 is 14.7 Å². The van der Waals surface area contributed by atoms with Crippen LogP contribution < -0.4 is 10.6 Å². The highest BCUT2D eigenvalue weighted by Gasteiger charge is 2.13. The molecule has 1 aromatic heterocycles. The maximum absolute atomic E-state index is 11.6. The lowest BCUT2D eigenvalue weighted by Gasteiger charge is -2.15. The zero-order chi connectivity index (χ0) is 14.4. The van der Waals surface area contributed by atoms with Crippen LogP contribution in [0.25, 0.3) is 0 Å². The van der Waals surface area contributed by atoms with Crippen molar-refractivity contribution in [2.45, 2.75) is 39.4 Å². The Morgan fingerprint density at radius 2 is 2.00 bits per heavy atom. The van der Waals surface area contributed by atoms with E-state index in [-0.39, 0.29) is 23.6 Å². The number of hydrogen-bond donors (Lipinski definition) is 3. The van der Waals surface area contributed by atoms with Crippen LogP contribution in [-0.4, -0.2) is 34.1 Å². The van der Waals surface area contributed by atoms with E-state index < -0.39 is 5.97 Å². The molecule has 0 aliphatic carbocycles. The fourth-order valence-corrected chi connectivity index (χ4v) is 1.42. The van der Waals surface area contributed by atoms with Crippen molar-refractivity contribution in [2.24, 2.45) is 0 Å². The number of pyridine rings is 1. The van der Waals surface area contributed by atoms with Crippen LogP contribution in [0.1, 0.15) is 36.8 Å². The molecule has 19 heavy (non-hydrogen) atoms. The highest BCUT2D eigenvalue weighted by atomic mass is 16.4. The molecular formula is C13H19N3O3. The minimum Gasteiger partial charge on any atom is -0.478 e. The smallest absolute Gasteiger partial charge is 0.337 e. The number of carbonyl (C=O) groups is 2. The van der Waals surface area contributed by atoms with E-state index in [0.29, 0.717) is 12.2 Å². The average molecular weight is 265 g/mol. The van der Waals surface area contributed by atoms with Gasteiger partial charge in [-0.05, 0) is 32.9 Å². The molecule has 1 aromatic rings. The summed E-state index contributed by atoms with van der Waals surface area (Å²) < 4.78 is 0. The maximum atomic E-state index is 11.6. The van der Waals surface area contributed by atoms with Crippen molar-refractivity contribution in [2.75, 3.05) is 0 Å². The van der Waals surface area contributed by atoms with Gasteiger partial charge in [0.2, 0.25) is 5.91 Å². The predicted octanol–water partition coefficient (Wildman–Crippen LogP) is 0.782. The summed E-state index contributed by atoms with van der Waals surface area (Å²) in [5.74, 6) is -1.08. The summed E-state index contributed by atoms with van der Waals surface area (Å²) in [7, 11) is 0. The summed E-state index contributed by atoms with van der Waals surface area (Å²) >= 11 is 0. The molecular weight excluding hydrogens is 246 g/mol. The number of nitrogens with zero attached hydrogens (tertiary/aromatic N) is 1. The summed E-state index contributed by atoms with van der Waals surface area (Å²) in [6.45, 7) is 5.98. The molecule has 1 atom stereocenters. The number of amides is 1. The molecule has 0 saturated heterocycles. The summed E-state index contributed by atoms with van der Waals surface area (Å²) in [6, 6.07) is 2.89. The molecule has 0 aliphatic heterocycles. The van der Waals surface area contributed by atoms with Gasteiger partial charge >= 0.3 is 5.97 Å². The van der Waals surface area contributed by atoms with Gasteiger partial charge in [-0.15, -0.1) is 0 Å². The number of hydrogen-bond acceptors (Lipinski definition) is 4. The molecule has 0 aliphatic rings. The third-order valence-electron chi connectivity index (χ3n) is 2.49. The van der Waals surface area contributed by atoms with Crippen molar-refractivity contribution >= 4 is 11.9 Å². The van der Waals surface area contributed by atoms with Crippen LogP contribution >= 0.6 is 0 Å². The van der Waals surface area contributed by atoms with Gasteiger partial charge in [0.15, 0.2) is 0 Å². The van der Waals surface area contributed by atoms with E-state index in [0.717, 1.165) is 0 Å². The second-order valence-electron chi connectivity index (χ2n) is 4.61. The first-order valence-corrected chi connectivity index (χ1v) is 6.12. The lowest BCUT2D eigenvalue weighted by Crippen LogP contribution is -2.44. The number of nitrogens with one attached hydrogen (secondary N) is 2. The van der Waals surface area contributed by atoms with E-state index in [1.807, 2.05) is 13.8 Å². The second kappa shape index (κ2) is 6.84. The Labute approximate surface area is 112 Å². The van der Waals surface area contributed by atoms with Gasteiger partial charge in [-0.1, -0.05) is 0 Å². The third-order valence-corrected chi connectivity index (χ3v) is 2.49. The molecule has 0 fully saturated rings. The molecule has 0 radical (unpaired) electrons. The van der Waals surface area contributed by atoms with Gasteiger partial charge in [0, 0.05) is 18.8 Å². The molecule has 0 saturated carbocycles. The van der Waals surface area contributed by atoms with E-state index in [9.17, 15) is 9.59 Å². The number of rotatable bonds is 6. The van der Waals surface area contributed by atoms with E-state index in [1.54, 1.807) is 13.0 Å². The molecule has 0 aromatic carbocycles. The standard InChI is InChI=1S/C13H19N3O3/c1-8(2)16-12(17)9(3)14-7-11-5-4-10(6-15-11)13(18)19/h4-6,8-9,14H,7H2,1-3H3,(H,16,17)(H,18,19). The van der Waals surface area contributed by atoms with E-state index in [1.165, 1.54) is 12.3 Å². The van der Waals surface area contributed by atoms with Crippen LogP contribution in [0.5, 0.6) is 0 Å². The average Bonchev–Trinajstić information content (AvgIpc) is 2.35. The Morgan fingerprint density at radius 3 is 2.47 bits per heavy atom. The second-order valence-corrected chi connectivity index (χ2v) is 4.61. The Hall–Kier alpha value is -1.95. The first-order valence-electron chi connectivity index (χ1n) is 6.12. The van der Waals surface area contributed by atoms with Crippen molar-refractivity contribution in [1.29, 1.82) is 0 Å². The van der Waals surface area contributed by atoms with Gasteiger partial charge in [0.25, 0.3) is 0 Å². The lowest BCUT2D eigenvalue weighted by molar-refractivity contribution is -0.123. The van der Waals surface area contributed by atoms with E-state index >= 15 is 0 Å². The molecule has 1 rings (SSSR count). The van der Waals surface area contributed by atoms with Crippen molar-refractivity contribution in [3.8, 4) is 0 Å². The van der Waals surface area contributed by atoms with Gasteiger partial charge in [-0.2, -0.15) is 0 Å². The quantitative estimate of drug-likeness (QED) is 0.707. The molecule has 1 unspecified atom stereocenters. The number of carbonyl (C=O) groups excluding carboxylic acids is 1. The largest absolute Gasteiger partial charge is 0.478 e. The fraction of sp³-hybridized carbons (Fsp3) is 0.462. The molecule has 0 bridgehead atoms. The summed E-state index contributed by atoms with van der Waals surface area (Å²) in [6.07, 6.45) is 1.30. The summed E-state index contributed by atoms with van der Waals surface area (Å²) in [5, 5.41) is 14.6. The van der Waals surface area contributed by atoms with Crippen LogP contribution in [0.15, 0.2) is 18.3 Å². The SMILES string of the molecule is CC(C)NC(=O)C(C)NCc1ccc(C(=O)O)cn1. The maximum Gasteiger partial charge on any atom is 0.337 e. The van der Waals surface area contributed by atoms with Gasteiger partial charge in [0.05, 0.1) is 17.3 Å². The lowest BCUT2D eigenvalue weighted by atomic mass is 10.2. The molecule has 6 heteroatoms. The zero-order valence-electron chi connectivity index (χ0n) is 11.3. The minimum absolute atomic E-state index is 0.0721. The van der Waals surface area contributed by atoms with Crippen LogP contribution in [0.2, 0.25) is 0 Å². The Bertz CT molecular complexity index is 443.